The van der Waals surface area contributed by atoms with E-state index in [0.717, 1.165) is 12.5 Å². The van der Waals surface area contributed by atoms with Crippen LogP contribution in [0.3, 0.4) is 0 Å². The van der Waals surface area contributed by atoms with E-state index in [-0.39, 0.29) is 25.2 Å². The molecule has 0 unspecified atom stereocenters. The molecule has 0 radical (unpaired) electrons. The number of carbonyl (C=O) groups excluding carboxylic acids is 3. The van der Waals surface area contributed by atoms with Crippen molar-refractivity contribution in [2.75, 3.05) is 33.0 Å². The monoisotopic (exact) mass is 1460 g/mol. The van der Waals surface area contributed by atoms with E-state index in [9.17, 15) is 117 Å². The summed E-state index contributed by atoms with van der Waals surface area (Å²) in [6, 6.07) is 0. The van der Waals surface area contributed by atoms with Crippen LogP contribution < -0.4 is 0 Å². The molecule has 0 aromatic carbocycles. The van der Waals surface area contributed by atoms with E-state index in [2.05, 4.69) is 19.9 Å². The topological polar surface area (TPSA) is 574 Å². The fourth-order valence-electron chi connectivity index (χ4n) is 18.7. The van der Waals surface area contributed by atoms with Crippen molar-refractivity contribution in [2.45, 2.75) is 290 Å². The Morgan fingerprint density at radius 3 is 1.56 bits per heavy atom. The minimum Gasteiger partial charge on any atom is -0.481 e. The highest BCUT2D eigenvalue weighted by Gasteiger charge is 2.73. The molecule has 5 heterocycles. The second-order valence-electron chi connectivity index (χ2n) is 31.7. The maximum absolute atomic E-state index is 15.9. The first-order valence-corrected chi connectivity index (χ1v) is 34.6. The van der Waals surface area contributed by atoms with Gasteiger partial charge in [0, 0.05) is 0 Å². The molecule has 578 valence electrons. The van der Waals surface area contributed by atoms with Crippen molar-refractivity contribution in [3.63, 3.8) is 0 Å². The molecule has 36 atom stereocenters. The van der Waals surface area contributed by atoms with E-state index in [4.69, 9.17) is 52.1 Å². The zero-order valence-corrected chi connectivity index (χ0v) is 57.3. The van der Waals surface area contributed by atoms with Crippen LogP contribution >= 0.6 is 0 Å². The zero-order valence-electron chi connectivity index (χ0n) is 57.3. The van der Waals surface area contributed by atoms with Gasteiger partial charge in [0.1, 0.15) is 134 Å². The molecule has 35 heteroatoms. The molecule has 10 rings (SSSR count). The Balaban J connectivity index is 0.949. The van der Waals surface area contributed by atoms with E-state index in [0.29, 0.717) is 38.5 Å². The number of hydrogen-bond donors (Lipinski definition) is 20. The SMILES string of the molecule is CC1(C)CC[C@]2(C(=O)O[C@@H]3O[C@H](CO[C@@H]4O[C@H](COC(=O)C[C@@](C)(O)CC(=O)O)[C@@H](O)[C@H](O)[C@H]4O[C@@H]4O[C@H](CO)[C@@H](O)[C@H](O)[C@H]4O)[C@@H](O)[C@H](O[C@@H]4O[C@H](CO)[C@@H](O)[C@H](O)[C@H]4O)[C@H]3O)[C@H](O)C[C@]3(C)C(=CC[C@@H]4[C@@]5(C)CC[C@H](O)[C@@](C)(C(=O)O[C@@H]6O[C@H](CO)[C@@H](O)[C@H](O)[C@H]6O)[C@@H]5CC[C@]43C)[C@@H]2C1. The number of carbonyl (C=O) groups is 4. The molecule has 0 aromatic heterocycles. The van der Waals surface area contributed by atoms with Crippen LogP contribution in [0.1, 0.15) is 119 Å². The zero-order chi connectivity index (χ0) is 74.5. The number of aliphatic carboxylic acids is 1. The van der Waals surface area contributed by atoms with Gasteiger partial charge in [-0.3, -0.25) is 19.2 Å². The quantitative estimate of drug-likeness (QED) is 0.0306. The van der Waals surface area contributed by atoms with Gasteiger partial charge >= 0.3 is 23.9 Å². The lowest BCUT2D eigenvalue weighted by Crippen LogP contribution is -2.69. The van der Waals surface area contributed by atoms with Crippen LogP contribution in [0, 0.1) is 50.2 Å². The lowest BCUT2D eigenvalue weighted by molar-refractivity contribution is -0.378. The first kappa shape index (κ1) is 80.1. The number of ether oxygens (including phenoxy) is 11. The number of aliphatic hydroxyl groups excluding tert-OH is 18. The predicted octanol–water partition coefficient (Wildman–Crippen LogP) is -6.57. The van der Waals surface area contributed by atoms with Gasteiger partial charge in [0.05, 0.1) is 62.5 Å². The van der Waals surface area contributed by atoms with Crippen LogP contribution in [0.5, 0.6) is 0 Å². The molecule has 0 aromatic rings. The molecule has 5 aliphatic heterocycles. The van der Waals surface area contributed by atoms with Gasteiger partial charge < -0.3 is 154 Å². The Bertz CT molecular complexity index is 2950. The number of hydrogen-bond acceptors (Lipinski definition) is 34. The highest BCUT2D eigenvalue weighted by atomic mass is 16.8. The summed E-state index contributed by atoms with van der Waals surface area (Å²) in [6.45, 7) is 8.24. The second kappa shape index (κ2) is 29.9. The van der Waals surface area contributed by atoms with E-state index in [1.54, 1.807) is 6.92 Å². The minimum atomic E-state index is -2.29. The van der Waals surface area contributed by atoms with Crippen LogP contribution in [0.25, 0.3) is 0 Å². The molecule has 20 N–H and O–H groups in total. The summed E-state index contributed by atoms with van der Waals surface area (Å²) in [4.78, 5) is 54.9. The third-order valence-corrected chi connectivity index (χ3v) is 24.9. The predicted molar refractivity (Wildman–Crippen MR) is 330 cm³/mol. The Hall–Kier alpha value is -3.46. The Kier molecular flexibility index (Phi) is 23.7. The third kappa shape index (κ3) is 14.3. The molecule has 35 nitrogen and oxygen atoms in total. The number of rotatable bonds is 20. The molecule has 0 amide bonds. The Morgan fingerprint density at radius 1 is 0.505 bits per heavy atom. The lowest BCUT2D eigenvalue weighted by atomic mass is 9.33. The summed E-state index contributed by atoms with van der Waals surface area (Å²) in [5.41, 5.74) is -7.52. The van der Waals surface area contributed by atoms with Crippen LogP contribution in [0.4, 0.5) is 0 Å². The van der Waals surface area contributed by atoms with Gasteiger partial charge in [0.15, 0.2) is 18.9 Å². The summed E-state index contributed by atoms with van der Waals surface area (Å²) >= 11 is 0. The van der Waals surface area contributed by atoms with Gasteiger partial charge in [0.25, 0.3) is 0 Å². The average Bonchev–Trinajstić information content (AvgIpc) is 0.670. The molecule has 0 bridgehead atoms. The fourth-order valence-corrected chi connectivity index (χ4v) is 18.7. The van der Waals surface area contributed by atoms with Crippen molar-refractivity contribution in [2.24, 2.45) is 50.2 Å². The van der Waals surface area contributed by atoms with E-state index in [1.807, 2.05) is 20.8 Å². The van der Waals surface area contributed by atoms with Crippen LogP contribution in [0.15, 0.2) is 11.6 Å². The van der Waals surface area contributed by atoms with Crippen LogP contribution in [0.2, 0.25) is 0 Å². The molecule has 10 aliphatic rings. The third-order valence-electron chi connectivity index (χ3n) is 24.9. The summed E-state index contributed by atoms with van der Waals surface area (Å²) < 4.78 is 64.2. The summed E-state index contributed by atoms with van der Waals surface area (Å²) in [7, 11) is 0. The molecule has 5 saturated heterocycles. The largest absolute Gasteiger partial charge is 0.481 e. The second-order valence-corrected chi connectivity index (χ2v) is 31.7. The maximum Gasteiger partial charge on any atom is 0.317 e. The highest BCUT2D eigenvalue weighted by Crippen LogP contribution is 2.76. The Labute approximate surface area is 580 Å². The van der Waals surface area contributed by atoms with Crippen molar-refractivity contribution >= 4 is 23.9 Å². The summed E-state index contributed by atoms with van der Waals surface area (Å²) in [6.07, 6.45) is -49.4. The first-order valence-electron chi connectivity index (χ1n) is 34.6. The smallest absolute Gasteiger partial charge is 0.317 e. The Morgan fingerprint density at radius 2 is 1.00 bits per heavy atom. The van der Waals surface area contributed by atoms with Crippen molar-refractivity contribution in [1.82, 2.24) is 0 Å². The van der Waals surface area contributed by atoms with Crippen molar-refractivity contribution in [3.05, 3.63) is 11.6 Å². The van der Waals surface area contributed by atoms with Crippen LogP contribution in [-0.2, 0) is 71.3 Å². The minimum absolute atomic E-state index is 0.00869. The van der Waals surface area contributed by atoms with Gasteiger partial charge in [0.2, 0.25) is 12.6 Å². The molecule has 101 heavy (non-hydrogen) atoms. The number of allylic oxidation sites excluding steroid dienone is 2. The molecule has 9 fully saturated rings. The molecule has 4 saturated carbocycles. The fraction of sp³-hybridized carbons (Fsp3) is 0.909. The van der Waals surface area contributed by atoms with Gasteiger partial charge in [-0.2, -0.15) is 0 Å². The normalized spacial score (nSPS) is 50.3. The van der Waals surface area contributed by atoms with Crippen LogP contribution in [-0.4, -0.2) is 330 Å². The van der Waals surface area contributed by atoms with Gasteiger partial charge in [-0.25, -0.2) is 0 Å². The lowest BCUT2D eigenvalue weighted by Gasteiger charge is -2.71. The number of carboxylic acids is 1. The molecular weight excluding hydrogens is 1350 g/mol. The molecule has 5 aliphatic carbocycles. The van der Waals surface area contributed by atoms with Crippen molar-refractivity contribution in [3.8, 4) is 0 Å². The van der Waals surface area contributed by atoms with Crippen molar-refractivity contribution in [1.29, 1.82) is 0 Å². The van der Waals surface area contributed by atoms with Gasteiger partial charge in [-0.1, -0.05) is 46.3 Å². The number of esters is 3. The standard InChI is InChI=1S/C66H104O35/c1-60(2)14-15-66(26(16-60)25-8-9-32-62(4)12-11-34(70)65(7,33(62)10-13-63(32,5)64(25,6)17-35(66)71)58(88)100-55-49(86)45(82)40(77)29(22-69)95-55)59(89)101-56-50(87)51(98-53-47(84)43(80)38(75)27(20-67)93-53)42(79)31(96-56)24-92-57-52(99-54-48(85)44(81)39(76)28(21-68)94-54)46(83)41(78)30(97-57)23-91-37(74)19-61(3,90)18-36(72)73/h8,26-35,38-57,67-71,75-87,90H,9-24H2,1-7H3,(H,72,73)/t26-,27+,28+,29+,30+,31+,32+,33+,34-,35+,38+,39+,40+,41+,42+,43-,44-,45-,46-,47+,48+,49+,50+,51-,52+,53-,54-,55-,56-,57+,61-,62+,63+,64+,65-,66+/m0/s1. The van der Waals surface area contributed by atoms with E-state index < -0.39 is 285 Å². The number of aliphatic hydroxyl groups is 19. The number of carboxylic acid groups (broad SMARTS) is 1. The van der Waals surface area contributed by atoms with E-state index in [1.165, 1.54) is 0 Å². The number of fused-ring (bicyclic) bond motifs is 7. The average molecular weight is 1460 g/mol. The first-order chi connectivity index (χ1) is 47.1. The summed E-state index contributed by atoms with van der Waals surface area (Å²) in [5.74, 6) is -6.27. The van der Waals surface area contributed by atoms with Gasteiger partial charge in [-0.15, -0.1) is 0 Å². The van der Waals surface area contributed by atoms with Crippen molar-refractivity contribution < 1.29 is 173 Å². The van der Waals surface area contributed by atoms with E-state index >= 15 is 4.79 Å². The van der Waals surface area contributed by atoms with Gasteiger partial charge in [-0.05, 0) is 111 Å². The highest BCUT2D eigenvalue weighted by molar-refractivity contribution is 5.80. The molecular formula is C66H104O35. The summed E-state index contributed by atoms with van der Waals surface area (Å²) in [5, 5.41) is 219. The molecule has 0 spiro atoms. The maximum atomic E-state index is 15.9.